The lowest BCUT2D eigenvalue weighted by molar-refractivity contribution is 0.0666. The number of carbonyl (C=O) groups excluding carboxylic acids is 1. The summed E-state index contributed by atoms with van der Waals surface area (Å²) in [5.74, 6) is 0.256. The highest BCUT2D eigenvalue weighted by Crippen LogP contribution is 2.21. The molecule has 1 unspecified atom stereocenters. The third kappa shape index (κ3) is 3.88. The molecule has 1 saturated heterocycles. The van der Waals surface area contributed by atoms with Crippen LogP contribution >= 0.6 is 0 Å². The third-order valence-corrected chi connectivity index (χ3v) is 4.40. The number of rotatable bonds is 3. The third-order valence-electron chi connectivity index (χ3n) is 4.40. The van der Waals surface area contributed by atoms with Gasteiger partial charge in [0.15, 0.2) is 0 Å². The lowest BCUT2D eigenvalue weighted by Crippen LogP contribution is -2.41. The largest absolute Gasteiger partial charge is 0.345 e. The molecule has 1 fully saturated rings. The molecule has 24 heavy (non-hydrogen) atoms. The summed E-state index contributed by atoms with van der Waals surface area (Å²) in [5, 5.41) is 0. The number of pyridine rings is 1. The molecule has 1 atom stereocenters. The fraction of sp³-hybridized carbons (Fsp3) is 0.444. The van der Waals surface area contributed by atoms with E-state index in [-0.39, 0.29) is 11.6 Å². The molecule has 1 N–H and O–H groups in total. The molecule has 1 aliphatic rings. The summed E-state index contributed by atoms with van der Waals surface area (Å²) in [6.07, 6.45) is 4.90. The highest BCUT2D eigenvalue weighted by atomic mass is 16.2. The maximum Gasteiger partial charge on any atom is 0.345 e. The molecule has 6 nitrogen and oxygen atoms in total. The highest BCUT2D eigenvalue weighted by Gasteiger charge is 2.25. The summed E-state index contributed by atoms with van der Waals surface area (Å²) in [4.78, 5) is 36.7. The van der Waals surface area contributed by atoms with E-state index in [1.807, 2.05) is 24.1 Å². The number of nitrogens with one attached hydrogen (secondary N) is 1. The number of aryl methyl sites for hydroxylation is 2. The van der Waals surface area contributed by atoms with Crippen molar-refractivity contribution in [1.29, 1.82) is 0 Å². The Morgan fingerprint density at radius 2 is 2.21 bits per heavy atom. The first-order chi connectivity index (χ1) is 11.5. The molecule has 3 rings (SSSR count). The molecule has 0 radical (unpaired) electrons. The maximum atomic E-state index is 12.6. The van der Waals surface area contributed by atoms with Crippen molar-refractivity contribution in [2.75, 3.05) is 13.1 Å². The highest BCUT2D eigenvalue weighted by molar-refractivity contribution is 5.92. The number of hydrogen-bond donors (Lipinski definition) is 1. The molecule has 1 aliphatic heterocycles. The lowest BCUT2D eigenvalue weighted by Gasteiger charge is -2.32. The first-order valence-corrected chi connectivity index (χ1v) is 8.30. The van der Waals surface area contributed by atoms with Crippen LogP contribution in [0.15, 0.2) is 29.2 Å². The molecule has 1 amide bonds. The topological polar surface area (TPSA) is 79.0 Å². The number of H-pyrrole nitrogens is 1. The zero-order valence-corrected chi connectivity index (χ0v) is 14.1. The van der Waals surface area contributed by atoms with Gasteiger partial charge in [0.1, 0.15) is 5.69 Å². The molecular formula is C18H22N4O2. The average molecular weight is 326 g/mol. The molecule has 0 aromatic carbocycles. The molecule has 2 aromatic heterocycles. The standard InChI is InChI=1S/C18H22N4O2/c1-12-5-6-14(10-19-12)9-15-4-3-7-22(11-15)17(23)16-8-13(2)20-18(24)21-16/h5-6,8,10,15H,3-4,7,9,11H2,1-2H3,(H,20,21,24). The number of amides is 1. The Hall–Kier alpha value is -2.50. The van der Waals surface area contributed by atoms with Crippen molar-refractivity contribution in [2.45, 2.75) is 33.1 Å². The summed E-state index contributed by atoms with van der Waals surface area (Å²) in [6, 6.07) is 5.76. The van der Waals surface area contributed by atoms with Gasteiger partial charge < -0.3 is 9.88 Å². The molecule has 0 spiro atoms. The number of nitrogens with zero attached hydrogens (tertiary/aromatic N) is 3. The van der Waals surface area contributed by atoms with Crippen LogP contribution in [0.25, 0.3) is 0 Å². The zero-order valence-electron chi connectivity index (χ0n) is 14.1. The summed E-state index contributed by atoms with van der Waals surface area (Å²) in [5.41, 5.74) is 2.61. The van der Waals surface area contributed by atoms with Gasteiger partial charge in [0, 0.05) is 30.7 Å². The first kappa shape index (κ1) is 16.4. The van der Waals surface area contributed by atoms with Crippen LogP contribution in [0, 0.1) is 19.8 Å². The predicted octanol–water partition coefficient (Wildman–Crippen LogP) is 1.88. The van der Waals surface area contributed by atoms with Crippen molar-refractivity contribution >= 4 is 5.91 Å². The minimum absolute atomic E-state index is 0.157. The SMILES string of the molecule is Cc1ccc(CC2CCCN(C(=O)c3cc(C)[nH]c(=O)n3)C2)cn1. The van der Waals surface area contributed by atoms with E-state index in [1.54, 1.807) is 13.0 Å². The molecule has 3 heterocycles. The van der Waals surface area contributed by atoms with Crippen molar-refractivity contribution in [3.05, 3.63) is 57.5 Å². The van der Waals surface area contributed by atoms with E-state index in [0.29, 0.717) is 18.2 Å². The summed E-state index contributed by atoms with van der Waals surface area (Å²) < 4.78 is 0. The second-order valence-electron chi connectivity index (χ2n) is 6.53. The molecule has 126 valence electrons. The van der Waals surface area contributed by atoms with E-state index in [2.05, 4.69) is 21.0 Å². The Kier molecular flexibility index (Phi) is 4.74. The van der Waals surface area contributed by atoms with Gasteiger partial charge in [-0.05, 0) is 56.7 Å². The van der Waals surface area contributed by atoms with Crippen molar-refractivity contribution in [3.8, 4) is 0 Å². The van der Waals surface area contributed by atoms with Gasteiger partial charge in [0.05, 0.1) is 0 Å². The van der Waals surface area contributed by atoms with E-state index < -0.39 is 5.69 Å². The van der Waals surface area contributed by atoms with E-state index in [4.69, 9.17) is 0 Å². The van der Waals surface area contributed by atoms with E-state index >= 15 is 0 Å². The molecular weight excluding hydrogens is 304 g/mol. The van der Waals surface area contributed by atoms with Crippen molar-refractivity contribution < 1.29 is 4.79 Å². The molecule has 6 heteroatoms. The van der Waals surface area contributed by atoms with E-state index in [0.717, 1.165) is 31.5 Å². The predicted molar refractivity (Wildman–Crippen MR) is 90.9 cm³/mol. The number of hydrogen-bond acceptors (Lipinski definition) is 4. The van der Waals surface area contributed by atoms with Gasteiger partial charge in [-0.15, -0.1) is 0 Å². The van der Waals surface area contributed by atoms with Gasteiger partial charge in [0.2, 0.25) is 0 Å². The lowest BCUT2D eigenvalue weighted by atomic mass is 9.91. The number of aromatic nitrogens is 3. The number of aromatic amines is 1. The Balaban J connectivity index is 1.69. The summed E-state index contributed by atoms with van der Waals surface area (Å²) in [7, 11) is 0. The van der Waals surface area contributed by atoms with Crippen LogP contribution in [0.1, 0.15) is 40.3 Å². The van der Waals surface area contributed by atoms with Gasteiger partial charge in [-0.1, -0.05) is 6.07 Å². The number of likely N-dealkylation sites (tertiary alicyclic amines) is 1. The second-order valence-corrected chi connectivity index (χ2v) is 6.53. The van der Waals surface area contributed by atoms with Crippen LogP contribution in [-0.2, 0) is 6.42 Å². The van der Waals surface area contributed by atoms with Crippen LogP contribution in [0.5, 0.6) is 0 Å². The van der Waals surface area contributed by atoms with Crippen LogP contribution in [0.3, 0.4) is 0 Å². The quantitative estimate of drug-likeness (QED) is 0.934. The fourth-order valence-corrected chi connectivity index (χ4v) is 3.22. The van der Waals surface area contributed by atoms with Crippen LogP contribution in [0.2, 0.25) is 0 Å². The minimum Gasteiger partial charge on any atom is -0.337 e. The Labute approximate surface area is 141 Å². The second kappa shape index (κ2) is 6.95. The van der Waals surface area contributed by atoms with Gasteiger partial charge in [0.25, 0.3) is 5.91 Å². The molecule has 0 saturated carbocycles. The Morgan fingerprint density at radius 1 is 1.38 bits per heavy atom. The smallest absolute Gasteiger partial charge is 0.337 e. The van der Waals surface area contributed by atoms with Crippen molar-refractivity contribution in [1.82, 2.24) is 19.9 Å². The minimum atomic E-state index is -0.474. The van der Waals surface area contributed by atoms with Crippen LogP contribution in [0.4, 0.5) is 0 Å². The van der Waals surface area contributed by atoms with Crippen LogP contribution < -0.4 is 5.69 Å². The summed E-state index contributed by atoms with van der Waals surface area (Å²) in [6.45, 7) is 5.14. The number of piperidine rings is 1. The molecule has 0 bridgehead atoms. The number of carbonyl (C=O) groups is 1. The van der Waals surface area contributed by atoms with Crippen molar-refractivity contribution in [2.24, 2.45) is 5.92 Å². The zero-order chi connectivity index (χ0) is 17.1. The average Bonchev–Trinajstić information content (AvgIpc) is 2.56. The van der Waals surface area contributed by atoms with Gasteiger partial charge in [-0.2, -0.15) is 4.98 Å². The summed E-state index contributed by atoms with van der Waals surface area (Å²) >= 11 is 0. The van der Waals surface area contributed by atoms with Crippen molar-refractivity contribution in [3.63, 3.8) is 0 Å². The van der Waals surface area contributed by atoms with E-state index in [1.165, 1.54) is 5.56 Å². The van der Waals surface area contributed by atoms with Gasteiger partial charge >= 0.3 is 5.69 Å². The Bertz CT molecular complexity index is 782. The fourth-order valence-electron chi connectivity index (χ4n) is 3.22. The molecule has 0 aliphatic carbocycles. The molecule has 2 aromatic rings. The first-order valence-electron chi connectivity index (χ1n) is 8.30. The Morgan fingerprint density at radius 3 is 2.92 bits per heavy atom. The normalized spacial score (nSPS) is 17.8. The van der Waals surface area contributed by atoms with Gasteiger partial charge in [-0.25, -0.2) is 4.79 Å². The maximum absolute atomic E-state index is 12.6. The van der Waals surface area contributed by atoms with Gasteiger partial charge in [-0.3, -0.25) is 9.78 Å². The van der Waals surface area contributed by atoms with E-state index in [9.17, 15) is 9.59 Å². The van der Waals surface area contributed by atoms with Crippen LogP contribution in [-0.4, -0.2) is 38.8 Å². The monoisotopic (exact) mass is 326 g/mol.